The molecule has 2 aliphatic rings. The second kappa shape index (κ2) is 2.78. The van der Waals surface area contributed by atoms with Crippen LogP contribution in [0.5, 0.6) is 5.75 Å². The Morgan fingerprint density at radius 2 is 2.07 bits per heavy atom. The van der Waals surface area contributed by atoms with Crippen molar-refractivity contribution in [1.82, 2.24) is 0 Å². The summed E-state index contributed by atoms with van der Waals surface area (Å²) in [5, 5.41) is 0. The Hall–Kier alpha value is -0.980. The van der Waals surface area contributed by atoms with Crippen LogP contribution in [0.25, 0.3) is 0 Å². The van der Waals surface area contributed by atoms with Crippen LogP contribution in [0.2, 0.25) is 0 Å². The van der Waals surface area contributed by atoms with Crippen LogP contribution in [0, 0.1) is 12.8 Å². The van der Waals surface area contributed by atoms with E-state index in [1.54, 1.807) is 0 Å². The molecule has 1 fully saturated rings. The fraction of sp³-hybridized carbons (Fsp3) is 0.571. The molecular formula is C14H18O. The van der Waals surface area contributed by atoms with Gasteiger partial charge in [-0.3, -0.25) is 0 Å². The molecule has 15 heavy (non-hydrogen) atoms. The summed E-state index contributed by atoms with van der Waals surface area (Å²) < 4.78 is 6.11. The molecule has 0 aromatic heterocycles. The van der Waals surface area contributed by atoms with Crippen LogP contribution in [0.3, 0.4) is 0 Å². The van der Waals surface area contributed by atoms with Crippen molar-refractivity contribution in [2.24, 2.45) is 5.92 Å². The standard InChI is InChI=1S/C14H18O/c1-9-4-7-13-11(8-9)10-5-6-12(10)14(2,3)15-13/h4,7-8,10,12H,5-6H2,1-3H3. The van der Waals surface area contributed by atoms with Crippen LogP contribution in [-0.4, -0.2) is 5.60 Å². The second-order valence-corrected chi connectivity index (χ2v) is 5.54. The molecule has 1 saturated carbocycles. The van der Waals surface area contributed by atoms with Gasteiger partial charge in [-0.25, -0.2) is 0 Å². The van der Waals surface area contributed by atoms with Gasteiger partial charge in [0.2, 0.25) is 0 Å². The third-order valence-electron chi connectivity index (χ3n) is 4.11. The van der Waals surface area contributed by atoms with E-state index in [-0.39, 0.29) is 5.60 Å². The summed E-state index contributed by atoms with van der Waals surface area (Å²) in [5.41, 5.74) is 2.83. The first-order valence-corrected chi connectivity index (χ1v) is 5.87. The molecule has 1 aromatic carbocycles. The third kappa shape index (κ3) is 1.22. The minimum absolute atomic E-state index is 0.0329. The SMILES string of the molecule is Cc1ccc2c(c1)C1CCC1C(C)(C)O2. The van der Waals surface area contributed by atoms with Crippen LogP contribution in [0.4, 0.5) is 0 Å². The van der Waals surface area contributed by atoms with Gasteiger partial charge in [0.1, 0.15) is 11.4 Å². The van der Waals surface area contributed by atoms with Crippen molar-refractivity contribution in [2.75, 3.05) is 0 Å². The van der Waals surface area contributed by atoms with Crippen molar-refractivity contribution in [3.63, 3.8) is 0 Å². The van der Waals surface area contributed by atoms with Crippen LogP contribution >= 0.6 is 0 Å². The largest absolute Gasteiger partial charge is 0.487 e. The van der Waals surface area contributed by atoms with Crippen molar-refractivity contribution in [3.8, 4) is 5.75 Å². The number of ether oxygens (including phenoxy) is 1. The lowest BCUT2D eigenvalue weighted by atomic mass is 9.61. The van der Waals surface area contributed by atoms with E-state index < -0.39 is 0 Å². The van der Waals surface area contributed by atoms with E-state index >= 15 is 0 Å². The molecule has 1 aliphatic carbocycles. The number of hydrogen-bond donors (Lipinski definition) is 0. The lowest BCUT2D eigenvalue weighted by Gasteiger charge is -2.51. The number of fused-ring (bicyclic) bond motifs is 3. The first-order chi connectivity index (χ1) is 7.08. The van der Waals surface area contributed by atoms with Gasteiger partial charge >= 0.3 is 0 Å². The van der Waals surface area contributed by atoms with Crippen LogP contribution in [0.1, 0.15) is 43.7 Å². The highest BCUT2D eigenvalue weighted by Gasteiger charge is 2.48. The maximum atomic E-state index is 6.11. The summed E-state index contributed by atoms with van der Waals surface area (Å²) in [6.45, 7) is 6.62. The third-order valence-corrected chi connectivity index (χ3v) is 4.11. The van der Waals surface area contributed by atoms with Crippen molar-refractivity contribution in [1.29, 1.82) is 0 Å². The van der Waals surface area contributed by atoms with Crippen LogP contribution < -0.4 is 4.74 Å². The first-order valence-electron chi connectivity index (χ1n) is 5.87. The van der Waals surface area contributed by atoms with E-state index in [4.69, 9.17) is 4.74 Å². The van der Waals surface area contributed by atoms with Gasteiger partial charge in [-0.1, -0.05) is 17.7 Å². The highest BCUT2D eigenvalue weighted by atomic mass is 16.5. The fourth-order valence-corrected chi connectivity index (χ4v) is 3.11. The van der Waals surface area contributed by atoms with E-state index in [9.17, 15) is 0 Å². The molecule has 0 bridgehead atoms. The highest BCUT2D eigenvalue weighted by molar-refractivity contribution is 5.43. The zero-order chi connectivity index (χ0) is 10.6. The monoisotopic (exact) mass is 202 g/mol. The normalized spacial score (nSPS) is 30.9. The Morgan fingerprint density at radius 1 is 1.27 bits per heavy atom. The molecule has 0 amide bonds. The summed E-state index contributed by atoms with van der Waals surface area (Å²) in [6.07, 6.45) is 2.67. The zero-order valence-corrected chi connectivity index (χ0v) is 9.71. The number of rotatable bonds is 0. The summed E-state index contributed by atoms with van der Waals surface area (Å²) in [6, 6.07) is 6.59. The van der Waals surface area contributed by atoms with Gasteiger partial charge in [0.15, 0.2) is 0 Å². The predicted molar refractivity (Wildman–Crippen MR) is 61.4 cm³/mol. The van der Waals surface area contributed by atoms with E-state index in [0.29, 0.717) is 0 Å². The van der Waals surface area contributed by atoms with E-state index in [0.717, 1.165) is 17.6 Å². The summed E-state index contributed by atoms with van der Waals surface area (Å²) in [7, 11) is 0. The minimum atomic E-state index is 0.0329. The second-order valence-electron chi connectivity index (χ2n) is 5.54. The van der Waals surface area contributed by atoms with Crippen molar-refractivity contribution in [2.45, 2.75) is 45.1 Å². The van der Waals surface area contributed by atoms with Gasteiger partial charge in [0, 0.05) is 5.92 Å². The van der Waals surface area contributed by atoms with Gasteiger partial charge in [-0.05, 0) is 51.2 Å². The molecular weight excluding hydrogens is 184 g/mol. The summed E-state index contributed by atoms with van der Waals surface area (Å²) in [5.74, 6) is 2.60. The highest BCUT2D eigenvalue weighted by Crippen LogP contribution is 2.55. The summed E-state index contributed by atoms with van der Waals surface area (Å²) in [4.78, 5) is 0. The number of hydrogen-bond acceptors (Lipinski definition) is 1. The molecule has 0 saturated heterocycles. The molecule has 2 atom stereocenters. The molecule has 1 nitrogen and oxygen atoms in total. The lowest BCUT2D eigenvalue weighted by Crippen LogP contribution is -2.49. The fourth-order valence-electron chi connectivity index (χ4n) is 3.11. The van der Waals surface area contributed by atoms with Gasteiger partial charge in [-0.2, -0.15) is 0 Å². The molecule has 1 heterocycles. The Kier molecular flexibility index (Phi) is 1.72. The molecule has 0 spiro atoms. The smallest absolute Gasteiger partial charge is 0.123 e. The molecule has 80 valence electrons. The molecule has 1 heteroatoms. The molecule has 2 unspecified atom stereocenters. The average Bonchev–Trinajstić information content (AvgIpc) is 2.05. The molecule has 0 N–H and O–H groups in total. The lowest BCUT2D eigenvalue weighted by molar-refractivity contribution is -0.0318. The molecule has 1 aliphatic heterocycles. The molecule has 1 aromatic rings. The van der Waals surface area contributed by atoms with E-state index in [2.05, 4.69) is 39.0 Å². The Labute approximate surface area is 91.5 Å². The number of benzene rings is 1. The van der Waals surface area contributed by atoms with Crippen molar-refractivity contribution in [3.05, 3.63) is 29.3 Å². The Bertz CT molecular complexity index is 406. The maximum Gasteiger partial charge on any atom is 0.123 e. The van der Waals surface area contributed by atoms with Crippen LogP contribution in [-0.2, 0) is 0 Å². The predicted octanol–water partition coefficient (Wildman–Crippen LogP) is 3.66. The van der Waals surface area contributed by atoms with Gasteiger partial charge in [-0.15, -0.1) is 0 Å². The molecule has 0 radical (unpaired) electrons. The van der Waals surface area contributed by atoms with Crippen molar-refractivity contribution < 1.29 is 4.74 Å². The summed E-state index contributed by atoms with van der Waals surface area (Å²) >= 11 is 0. The van der Waals surface area contributed by atoms with E-state index in [1.807, 2.05) is 0 Å². The number of aryl methyl sites for hydroxylation is 1. The Balaban J connectivity index is 2.10. The molecule has 3 rings (SSSR count). The van der Waals surface area contributed by atoms with Gasteiger partial charge in [0.25, 0.3) is 0 Å². The van der Waals surface area contributed by atoms with E-state index in [1.165, 1.54) is 24.0 Å². The minimum Gasteiger partial charge on any atom is -0.487 e. The van der Waals surface area contributed by atoms with Gasteiger partial charge < -0.3 is 4.74 Å². The van der Waals surface area contributed by atoms with Crippen molar-refractivity contribution >= 4 is 0 Å². The quantitative estimate of drug-likeness (QED) is 0.624. The van der Waals surface area contributed by atoms with Gasteiger partial charge in [0.05, 0.1) is 0 Å². The topological polar surface area (TPSA) is 9.23 Å². The first kappa shape index (κ1) is 9.26. The van der Waals surface area contributed by atoms with Crippen LogP contribution in [0.15, 0.2) is 18.2 Å². The Morgan fingerprint density at radius 3 is 2.73 bits per heavy atom. The maximum absolute atomic E-state index is 6.11. The zero-order valence-electron chi connectivity index (χ0n) is 9.71. The average molecular weight is 202 g/mol.